The van der Waals surface area contributed by atoms with Gasteiger partial charge in [0.15, 0.2) is 0 Å². The summed E-state index contributed by atoms with van der Waals surface area (Å²) in [4.78, 5) is 21.9. The van der Waals surface area contributed by atoms with Crippen LogP contribution in [-0.4, -0.2) is 62.9 Å². The minimum absolute atomic E-state index is 0.133. The lowest BCUT2D eigenvalue weighted by molar-refractivity contribution is -0.215. The van der Waals surface area contributed by atoms with Crippen LogP contribution in [0.2, 0.25) is 0 Å². The van der Waals surface area contributed by atoms with Crippen LogP contribution in [0.3, 0.4) is 0 Å². The average Bonchev–Trinajstić information content (AvgIpc) is 2.20. The number of primary amides is 1. The smallest absolute Gasteiger partial charge is 0.325 e. The number of nitrogens with zero attached hydrogens (tertiary/aromatic N) is 1. The Balaban J connectivity index is 4.23. The van der Waals surface area contributed by atoms with Crippen molar-refractivity contribution in [2.24, 2.45) is 5.73 Å². The van der Waals surface area contributed by atoms with E-state index in [4.69, 9.17) is 15.6 Å². The molecule has 0 heterocycles. The Kier molecular flexibility index (Phi) is 7.07. The molecular weight excluding hydrogens is 252 g/mol. The van der Waals surface area contributed by atoms with Crippen molar-refractivity contribution in [2.45, 2.75) is 12.8 Å². The molecule has 0 aromatic carbocycles. The van der Waals surface area contributed by atoms with Crippen LogP contribution in [0.1, 0.15) is 6.92 Å². The highest BCUT2D eigenvalue weighted by molar-refractivity contribution is 7.97. The van der Waals surface area contributed by atoms with Crippen molar-refractivity contribution in [3.63, 3.8) is 0 Å². The SMILES string of the molecule is CC(O)(O)N(SCCOCCO)C(=O)C(N)=O. The van der Waals surface area contributed by atoms with Crippen LogP contribution in [0.15, 0.2) is 0 Å². The maximum absolute atomic E-state index is 11.2. The predicted octanol–water partition coefficient (Wildman–Crippen LogP) is -2.38. The Morgan fingerprint density at radius 2 is 2.00 bits per heavy atom. The molecule has 5 N–H and O–H groups in total. The van der Waals surface area contributed by atoms with Gasteiger partial charge in [0.2, 0.25) is 0 Å². The number of amides is 2. The van der Waals surface area contributed by atoms with Gasteiger partial charge in [0, 0.05) is 12.7 Å². The van der Waals surface area contributed by atoms with Crippen molar-refractivity contribution in [3.05, 3.63) is 0 Å². The van der Waals surface area contributed by atoms with Gasteiger partial charge >= 0.3 is 11.8 Å². The molecule has 2 amide bonds. The number of hydrogen-bond donors (Lipinski definition) is 4. The summed E-state index contributed by atoms with van der Waals surface area (Å²) in [6, 6.07) is 0. The van der Waals surface area contributed by atoms with Crippen LogP contribution in [0.5, 0.6) is 0 Å². The summed E-state index contributed by atoms with van der Waals surface area (Å²) >= 11 is 0.692. The van der Waals surface area contributed by atoms with Gasteiger partial charge in [0.1, 0.15) is 0 Å². The normalized spacial score (nSPS) is 11.3. The molecule has 0 saturated heterocycles. The lowest BCUT2D eigenvalue weighted by atomic mass is 10.5. The fraction of sp³-hybridized carbons (Fsp3) is 0.750. The molecule has 100 valence electrons. The van der Waals surface area contributed by atoms with Crippen LogP contribution in [-0.2, 0) is 14.3 Å². The van der Waals surface area contributed by atoms with Gasteiger partial charge in [0.25, 0.3) is 5.91 Å². The topological polar surface area (TPSA) is 133 Å². The van der Waals surface area contributed by atoms with Gasteiger partial charge in [-0.3, -0.25) is 9.59 Å². The largest absolute Gasteiger partial charge is 0.394 e. The van der Waals surface area contributed by atoms with E-state index in [1.54, 1.807) is 0 Å². The summed E-state index contributed by atoms with van der Waals surface area (Å²) in [6.45, 7) is 1.10. The first-order valence-corrected chi connectivity index (χ1v) is 5.65. The van der Waals surface area contributed by atoms with Crippen molar-refractivity contribution in [2.75, 3.05) is 25.6 Å². The molecule has 0 aromatic rings. The van der Waals surface area contributed by atoms with Gasteiger partial charge in [0.05, 0.1) is 19.8 Å². The predicted molar refractivity (Wildman–Crippen MR) is 59.2 cm³/mol. The first-order chi connectivity index (χ1) is 7.80. The zero-order chi connectivity index (χ0) is 13.5. The molecule has 0 aromatic heterocycles. The average molecular weight is 268 g/mol. The molecule has 9 heteroatoms. The minimum atomic E-state index is -2.49. The standard InChI is InChI=1S/C8H16N2O6S/c1-8(14,15)10(7(13)6(9)12)17-5-4-16-3-2-11/h11,14-15H,2-5H2,1H3,(H2,9,12). The van der Waals surface area contributed by atoms with Crippen molar-refractivity contribution in [3.8, 4) is 0 Å². The molecule has 8 nitrogen and oxygen atoms in total. The summed E-state index contributed by atoms with van der Waals surface area (Å²) in [6.07, 6.45) is 0. The maximum Gasteiger partial charge on any atom is 0.325 e. The number of aliphatic hydroxyl groups is 3. The Morgan fingerprint density at radius 1 is 1.41 bits per heavy atom. The third-order valence-electron chi connectivity index (χ3n) is 1.46. The Morgan fingerprint density at radius 3 is 2.41 bits per heavy atom. The van der Waals surface area contributed by atoms with Gasteiger partial charge in [-0.05, 0) is 11.9 Å². The van der Waals surface area contributed by atoms with E-state index < -0.39 is 17.7 Å². The van der Waals surface area contributed by atoms with Gasteiger partial charge in [-0.2, -0.15) is 0 Å². The van der Waals surface area contributed by atoms with Gasteiger partial charge in [-0.25, -0.2) is 4.31 Å². The van der Waals surface area contributed by atoms with Gasteiger partial charge in [-0.1, -0.05) is 0 Å². The van der Waals surface area contributed by atoms with E-state index >= 15 is 0 Å². The molecule has 0 radical (unpaired) electrons. The van der Waals surface area contributed by atoms with Crippen LogP contribution in [0.4, 0.5) is 0 Å². The second kappa shape index (κ2) is 7.45. The fourth-order valence-electron chi connectivity index (χ4n) is 0.827. The molecule has 0 spiro atoms. The van der Waals surface area contributed by atoms with E-state index in [2.05, 4.69) is 0 Å². The molecular formula is C8H16N2O6S. The first-order valence-electron chi connectivity index (χ1n) is 4.71. The number of carbonyl (C=O) groups is 2. The van der Waals surface area contributed by atoms with Crippen LogP contribution in [0, 0.1) is 0 Å². The van der Waals surface area contributed by atoms with E-state index in [-0.39, 0.29) is 25.6 Å². The zero-order valence-electron chi connectivity index (χ0n) is 9.33. The molecule has 0 rings (SSSR count). The number of nitrogens with two attached hydrogens (primary N) is 1. The van der Waals surface area contributed by atoms with Crippen molar-refractivity contribution >= 4 is 23.8 Å². The van der Waals surface area contributed by atoms with Crippen molar-refractivity contribution < 1.29 is 29.6 Å². The highest BCUT2D eigenvalue weighted by Gasteiger charge is 2.34. The number of hydrogen-bond acceptors (Lipinski definition) is 7. The number of rotatable bonds is 7. The van der Waals surface area contributed by atoms with Crippen LogP contribution >= 0.6 is 11.9 Å². The van der Waals surface area contributed by atoms with E-state index in [9.17, 15) is 19.8 Å². The molecule has 0 atom stereocenters. The lowest BCUT2D eigenvalue weighted by Crippen LogP contribution is -2.50. The molecule has 0 aliphatic carbocycles. The molecule has 0 bridgehead atoms. The quantitative estimate of drug-likeness (QED) is 0.175. The number of carbonyl (C=O) groups excluding carboxylic acids is 2. The second-order valence-corrected chi connectivity index (χ2v) is 4.14. The molecule has 0 saturated carbocycles. The fourth-order valence-corrected chi connectivity index (χ4v) is 1.65. The summed E-state index contributed by atoms with van der Waals surface area (Å²) in [5.41, 5.74) is 4.76. The van der Waals surface area contributed by atoms with Crippen molar-refractivity contribution in [1.29, 1.82) is 0 Å². The zero-order valence-corrected chi connectivity index (χ0v) is 10.1. The third-order valence-corrected chi connectivity index (χ3v) is 2.58. The highest BCUT2D eigenvalue weighted by atomic mass is 32.2. The van der Waals surface area contributed by atoms with Gasteiger partial charge < -0.3 is 25.8 Å². The van der Waals surface area contributed by atoms with E-state index in [0.717, 1.165) is 6.92 Å². The van der Waals surface area contributed by atoms with Crippen LogP contribution in [0.25, 0.3) is 0 Å². The first kappa shape index (κ1) is 16.1. The molecule has 0 unspecified atom stereocenters. The van der Waals surface area contributed by atoms with E-state index in [1.165, 1.54) is 0 Å². The Labute approximate surface area is 102 Å². The maximum atomic E-state index is 11.2. The number of ether oxygens (including phenoxy) is 1. The van der Waals surface area contributed by atoms with Crippen LogP contribution < -0.4 is 5.73 Å². The third kappa shape index (κ3) is 6.44. The molecule has 0 aliphatic rings. The summed E-state index contributed by atoms with van der Waals surface area (Å²) in [5, 5.41) is 26.9. The molecule has 0 aliphatic heterocycles. The Hall–Kier alpha value is -0.870. The summed E-state index contributed by atoms with van der Waals surface area (Å²) in [7, 11) is 0. The lowest BCUT2D eigenvalue weighted by Gasteiger charge is -2.29. The minimum Gasteiger partial charge on any atom is -0.394 e. The van der Waals surface area contributed by atoms with Crippen molar-refractivity contribution in [1.82, 2.24) is 4.31 Å². The molecule has 0 fully saturated rings. The second-order valence-electron chi connectivity index (χ2n) is 3.10. The summed E-state index contributed by atoms with van der Waals surface area (Å²) < 4.78 is 5.35. The monoisotopic (exact) mass is 268 g/mol. The van der Waals surface area contributed by atoms with Gasteiger partial charge in [-0.15, -0.1) is 0 Å². The number of aliphatic hydroxyl groups excluding tert-OH is 1. The summed E-state index contributed by atoms with van der Waals surface area (Å²) in [5.74, 6) is -4.81. The highest BCUT2D eigenvalue weighted by Crippen LogP contribution is 2.19. The Bertz CT molecular complexity index is 267. The van der Waals surface area contributed by atoms with E-state index in [1.807, 2.05) is 0 Å². The van der Waals surface area contributed by atoms with E-state index in [0.29, 0.717) is 16.3 Å². The molecule has 17 heavy (non-hydrogen) atoms.